The highest BCUT2D eigenvalue weighted by Crippen LogP contribution is 2.17. The number of hydrogen-bond donors (Lipinski definition) is 2. The molecule has 0 unspecified atom stereocenters. The van der Waals surface area contributed by atoms with Gasteiger partial charge in [0.2, 0.25) is 0 Å². The second kappa shape index (κ2) is 7.79. The van der Waals surface area contributed by atoms with E-state index in [2.05, 4.69) is 15.6 Å². The molecule has 0 fully saturated rings. The Hall–Kier alpha value is -4.00. The van der Waals surface area contributed by atoms with E-state index in [4.69, 9.17) is 0 Å². The van der Waals surface area contributed by atoms with Crippen molar-refractivity contribution in [2.75, 3.05) is 10.6 Å². The number of carbonyl (C=O) groups excluding carboxylic acids is 1. The zero-order chi connectivity index (χ0) is 21.3. The van der Waals surface area contributed by atoms with E-state index in [-0.39, 0.29) is 11.4 Å². The highest BCUT2D eigenvalue weighted by molar-refractivity contribution is 5.99. The third-order valence-electron chi connectivity index (χ3n) is 4.76. The highest BCUT2D eigenvalue weighted by atomic mass is 19.1. The number of nitrogens with one attached hydrogen (secondary N) is 2. The van der Waals surface area contributed by atoms with Gasteiger partial charge in [-0.3, -0.25) is 9.36 Å². The number of benzene rings is 3. The van der Waals surface area contributed by atoms with Crippen LogP contribution in [0.1, 0.15) is 11.4 Å². The Morgan fingerprint density at radius 2 is 1.60 bits per heavy atom. The summed E-state index contributed by atoms with van der Waals surface area (Å²) in [4.78, 5) is 29.6. The van der Waals surface area contributed by atoms with Crippen LogP contribution in [0.4, 0.5) is 20.6 Å². The predicted molar refractivity (Wildman–Crippen MR) is 116 cm³/mol. The number of para-hydroxylation sites is 1. The summed E-state index contributed by atoms with van der Waals surface area (Å²) in [6, 6.07) is 18.0. The van der Waals surface area contributed by atoms with E-state index in [1.54, 1.807) is 68.4 Å². The summed E-state index contributed by atoms with van der Waals surface area (Å²) in [6.45, 7) is 3.42. The molecule has 0 saturated carbocycles. The van der Waals surface area contributed by atoms with Gasteiger partial charge in [-0.1, -0.05) is 18.2 Å². The van der Waals surface area contributed by atoms with E-state index in [1.165, 1.54) is 10.6 Å². The van der Waals surface area contributed by atoms with E-state index >= 15 is 0 Å². The van der Waals surface area contributed by atoms with Crippen molar-refractivity contribution in [3.63, 3.8) is 0 Å². The van der Waals surface area contributed by atoms with Crippen LogP contribution in [0.5, 0.6) is 0 Å². The molecule has 2 amide bonds. The molecule has 4 rings (SSSR count). The molecular weight excluding hydrogens is 383 g/mol. The minimum Gasteiger partial charge on any atom is -0.308 e. The zero-order valence-electron chi connectivity index (χ0n) is 16.4. The number of urea groups is 1. The number of halogens is 1. The van der Waals surface area contributed by atoms with Gasteiger partial charge in [-0.25, -0.2) is 14.2 Å². The lowest BCUT2D eigenvalue weighted by atomic mass is 10.2. The van der Waals surface area contributed by atoms with Crippen LogP contribution in [-0.2, 0) is 0 Å². The van der Waals surface area contributed by atoms with Crippen molar-refractivity contribution in [3.05, 3.63) is 94.3 Å². The fourth-order valence-electron chi connectivity index (χ4n) is 3.21. The number of anilines is 2. The maximum absolute atomic E-state index is 13.6. The molecule has 1 heterocycles. The van der Waals surface area contributed by atoms with Crippen LogP contribution < -0.4 is 16.2 Å². The summed E-state index contributed by atoms with van der Waals surface area (Å²) in [5.41, 5.74) is 2.53. The van der Waals surface area contributed by atoms with Crippen LogP contribution in [0.25, 0.3) is 16.6 Å². The molecule has 3 aromatic carbocycles. The van der Waals surface area contributed by atoms with E-state index in [9.17, 15) is 14.0 Å². The summed E-state index contributed by atoms with van der Waals surface area (Å²) in [6.07, 6.45) is 0. The lowest BCUT2D eigenvalue weighted by Crippen LogP contribution is -2.22. The topological polar surface area (TPSA) is 76.0 Å². The van der Waals surface area contributed by atoms with E-state index < -0.39 is 6.03 Å². The third-order valence-corrected chi connectivity index (χ3v) is 4.76. The fraction of sp³-hybridized carbons (Fsp3) is 0.0870. The summed E-state index contributed by atoms with van der Waals surface area (Å²) in [5.74, 6) is 0.181. The Morgan fingerprint density at radius 1 is 0.933 bits per heavy atom. The van der Waals surface area contributed by atoms with Crippen LogP contribution in [0.2, 0.25) is 0 Å². The Bertz CT molecular complexity index is 1310. The fourth-order valence-corrected chi connectivity index (χ4v) is 3.21. The SMILES string of the molecule is Cc1ccc(NC(=O)Nc2ccc(-n3c(C)nc4ccccc4c3=O)cc2)cc1F. The molecule has 0 spiro atoms. The molecular formula is C23H19FN4O2. The van der Waals surface area contributed by atoms with Crippen molar-refractivity contribution >= 4 is 28.3 Å². The predicted octanol–water partition coefficient (Wildman–Crippen LogP) is 4.79. The highest BCUT2D eigenvalue weighted by Gasteiger charge is 2.10. The standard InChI is InChI=1S/C23H19FN4O2/c1-14-7-8-17(13-20(14)24)27-23(30)26-16-9-11-18(12-10-16)28-15(2)25-21-6-4-3-5-19(21)22(28)29/h3-13H,1-2H3,(H2,26,27,30). The van der Waals surface area contributed by atoms with Gasteiger partial charge in [-0.05, 0) is 67.9 Å². The summed E-state index contributed by atoms with van der Waals surface area (Å²) in [5, 5.41) is 5.81. The molecule has 4 aromatic rings. The summed E-state index contributed by atoms with van der Waals surface area (Å²) >= 11 is 0. The number of nitrogens with zero attached hydrogens (tertiary/aromatic N) is 2. The normalized spacial score (nSPS) is 10.8. The first-order valence-corrected chi connectivity index (χ1v) is 9.35. The molecule has 0 atom stereocenters. The third kappa shape index (κ3) is 3.77. The van der Waals surface area contributed by atoms with Crippen molar-refractivity contribution in [2.45, 2.75) is 13.8 Å². The lowest BCUT2D eigenvalue weighted by molar-refractivity contribution is 0.262. The number of hydrogen-bond acceptors (Lipinski definition) is 3. The van der Waals surface area contributed by atoms with Gasteiger partial charge in [0.25, 0.3) is 5.56 Å². The zero-order valence-corrected chi connectivity index (χ0v) is 16.4. The number of fused-ring (bicyclic) bond motifs is 1. The van der Waals surface area contributed by atoms with Gasteiger partial charge in [0.1, 0.15) is 11.6 Å². The van der Waals surface area contributed by atoms with Gasteiger partial charge in [-0.15, -0.1) is 0 Å². The van der Waals surface area contributed by atoms with Gasteiger partial charge in [0, 0.05) is 11.4 Å². The second-order valence-electron chi connectivity index (χ2n) is 6.91. The number of aromatic nitrogens is 2. The van der Waals surface area contributed by atoms with E-state index in [0.717, 1.165) is 0 Å². The Kier molecular flexibility index (Phi) is 5.02. The molecule has 0 aliphatic heterocycles. The lowest BCUT2D eigenvalue weighted by Gasteiger charge is -2.12. The van der Waals surface area contributed by atoms with Gasteiger partial charge in [-0.2, -0.15) is 0 Å². The van der Waals surface area contributed by atoms with Crippen LogP contribution in [-0.4, -0.2) is 15.6 Å². The van der Waals surface area contributed by atoms with Crippen molar-refractivity contribution in [1.82, 2.24) is 9.55 Å². The number of carbonyl (C=O) groups is 1. The van der Waals surface area contributed by atoms with Crippen molar-refractivity contribution in [1.29, 1.82) is 0 Å². The monoisotopic (exact) mass is 402 g/mol. The molecule has 7 heteroatoms. The molecule has 0 saturated heterocycles. The summed E-state index contributed by atoms with van der Waals surface area (Å²) in [7, 11) is 0. The van der Waals surface area contributed by atoms with Gasteiger partial charge < -0.3 is 10.6 Å². The first kappa shape index (κ1) is 19.3. The van der Waals surface area contributed by atoms with Crippen molar-refractivity contribution < 1.29 is 9.18 Å². The maximum Gasteiger partial charge on any atom is 0.323 e. The smallest absolute Gasteiger partial charge is 0.308 e. The molecule has 0 aliphatic rings. The average Bonchev–Trinajstić information content (AvgIpc) is 2.72. The van der Waals surface area contributed by atoms with E-state index in [1.807, 2.05) is 6.07 Å². The molecule has 30 heavy (non-hydrogen) atoms. The first-order chi connectivity index (χ1) is 14.4. The molecule has 1 aromatic heterocycles. The Balaban J connectivity index is 1.55. The minimum absolute atomic E-state index is 0.155. The molecule has 150 valence electrons. The van der Waals surface area contributed by atoms with Gasteiger partial charge >= 0.3 is 6.03 Å². The molecule has 0 aliphatic carbocycles. The second-order valence-corrected chi connectivity index (χ2v) is 6.91. The molecule has 0 bridgehead atoms. The van der Waals surface area contributed by atoms with Crippen molar-refractivity contribution in [3.8, 4) is 5.69 Å². The van der Waals surface area contributed by atoms with Crippen LogP contribution >= 0.6 is 0 Å². The average molecular weight is 402 g/mol. The van der Waals surface area contributed by atoms with E-state index in [0.29, 0.717) is 39.4 Å². The van der Waals surface area contributed by atoms with Gasteiger partial charge in [0.05, 0.1) is 16.6 Å². The minimum atomic E-state index is -0.494. The van der Waals surface area contributed by atoms with Gasteiger partial charge in [0.15, 0.2) is 0 Å². The quantitative estimate of drug-likeness (QED) is 0.518. The van der Waals surface area contributed by atoms with Crippen LogP contribution in [0, 0.1) is 19.7 Å². The van der Waals surface area contributed by atoms with Crippen LogP contribution in [0.3, 0.4) is 0 Å². The first-order valence-electron chi connectivity index (χ1n) is 9.35. The maximum atomic E-state index is 13.6. The Labute approximate surface area is 172 Å². The largest absolute Gasteiger partial charge is 0.323 e. The number of rotatable bonds is 3. The number of amides is 2. The molecule has 2 N–H and O–H groups in total. The molecule has 6 nitrogen and oxygen atoms in total. The number of aryl methyl sites for hydroxylation is 2. The summed E-state index contributed by atoms with van der Waals surface area (Å²) < 4.78 is 15.1. The van der Waals surface area contributed by atoms with Crippen molar-refractivity contribution in [2.24, 2.45) is 0 Å². The van der Waals surface area contributed by atoms with Crippen LogP contribution in [0.15, 0.2) is 71.5 Å². The molecule has 0 radical (unpaired) electrons. The Morgan fingerprint density at radius 3 is 2.33 bits per heavy atom.